The van der Waals surface area contributed by atoms with E-state index in [1.807, 2.05) is 6.92 Å². The van der Waals surface area contributed by atoms with Gasteiger partial charge in [0, 0.05) is 5.56 Å². The summed E-state index contributed by atoms with van der Waals surface area (Å²) in [4.78, 5) is 7.88. The second-order valence-corrected chi connectivity index (χ2v) is 4.50. The maximum absolute atomic E-state index is 13.0. The van der Waals surface area contributed by atoms with Gasteiger partial charge in [-0.1, -0.05) is 25.5 Å². The average Bonchev–Trinajstić information content (AvgIpc) is 2.42. The summed E-state index contributed by atoms with van der Waals surface area (Å²) in [6, 6.07) is 5.25. The Morgan fingerprint density at radius 1 is 1.19 bits per heavy atom. The van der Waals surface area contributed by atoms with Crippen molar-refractivity contribution >= 4 is 17.3 Å². The molecule has 0 aliphatic carbocycles. The topological polar surface area (TPSA) is 63.8 Å². The van der Waals surface area contributed by atoms with Gasteiger partial charge in [-0.15, -0.1) is 0 Å². The van der Waals surface area contributed by atoms with Crippen LogP contribution in [-0.2, 0) is 12.6 Å². The molecule has 0 atom stereocenters. The van der Waals surface area contributed by atoms with Gasteiger partial charge >= 0.3 is 6.18 Å². The number of nitrogens with zero attached hydrogens (tertiary/aromatic N) is 2. The number of aromatic nitrogens is 2. The van der Waals surface area contributed by atoms with Crippen molar-refractivity contribution < 1.29 is 13.2 Å². The predicted octanol–water partition coefficient (Wildman–Crippen LogP) is 3.77. The van der Waals surface area contributed by atoms with E-state index >= 15 is 0 Å². The summed E-state index contributed by atoms with van der Waals surface area (Å²) in [6.45, 7) is 1.94. The largest absolute Gasteiger partial charge is 0.418 e. The average molecular weight is 296 g/mol. The predicted molar refractivity (Wildman–Crippen MR) is 75.2 cm³/mol. The van der Waals surface area contributed by atoms with Crippen molar-refractivity contribution in [1.29, 1.82) is 0 Å². The van der Waals surface area contributed by atoms with Crippen LogP contribution in [0.1, 0.15) is 24.5 Å². The van der Waals surface area contributed by atoms with E-state index in [4.69, 9.17) is 5.73 Å². The zero-order valence-corrected chi connectivity index (χ0v) is 11.4. The Labute approximate surface area is 120 Å². The first-order valence-electron chi connectivity index (χ1n) is 6.46. The lowest BCUT2D eigenvalue weighted by molar-refractivity contribution is -0.136. The standard InChI is InChI=1S/C14H15F3N4/c1-2-5-9-12(18)19-8-20-13(9)21-11-7-4-3-6-10(11)14(15,16)17/h3-4,6-8H,2,5H2,1H3,(H3,18,19,20,21). The van der Waals surface area contributed by atoms with Crippen LogP contribution in [0.5, 0.6) is 0 Å². The summed E-state index contributed by atoms with van der Waals surface area (Å²) >= 11 is 0. The number of hydrogen-bond donors (Lipinski definition) is 2. The number of nitrogens with one attached hydrogen (secondary N) is 1. The maximum atomic E-state index is 13.0. The molecule has 0 radical (unpaired) electrons. The van der Waals surface area contributed by atoms with Crippen molar-refractivity contribution in [2.45, 2.75) is 25.9 Å². The van der Waals surface area contributed by atoms with Gasteiger partial charge in [0.05, 0.1) is 11.3 Å². The van der Waals surface area contributed by atoms with Gasteiger partial charge in [0.2, 0.25) is 0 Å². The first kappa shape index (κ1) is 15.1. The molecule has 0 bridgehead atoms. The van der Waals surface area contributed by atoms with Gasteiger partial charge in [-0.25, -0.2) is 9.97 Å². The fraction of sp³-hybridized carbons (Fsp3) is 0.286. The molecule has 0 saturated carbocycles. The number of nitrogens with two attached hydrogens (primary N) is 1. The van der Waals surface area contributed by atoms with Crippen molar-refractivity contribution in [3.8, 4) is 0 Å². The highest BCUT2D eigenvalue weighted by Gasteiger charge is 2.33. The molecule has 1 aromatic heterocycles. The second-order valence-electron chi connectivity index (χ2n) is 4.50. The Kier molecular flexibility index (Phi) is 4.30. The third-order valence-corrected chi connectivity index (χ3v) is 2.96. The fourth-order valence-corrected chi connectivity index (χ4v) is 2.00. The molecule has 4 nitrogen and oxygen atoms in total. The van der Waals surface area contributed by atoms with Crippen LogP contribution in [-0.4, -0.2) is 9.97 Å². The van der Waals surface area contributed by atoms with E-state index in [9.17, 15) is 13.2 Å². The number of alkyl halides is 3. The van der Waals surface area contributed by atoms with Gasteiger partial charge in [0.1, 0.15) is 18.0 Å². The number of halogens is 3. The molecule has 2 rings (SSSR count). The highest BCUT2D eigenvalue weighted by atomic mass is 19.4. The van der Waals surface area contributed by atoms with E-state index in [2.05, 4.69) is 15.3 Å². The summed E-state index contributed by atoms with van der Waals surface area (Å²) in [6.07, 6.45) is -1.84. The van der Waals surface area contributed by atoms with Crippen LogP contribution >= 0.6 is 0 Å². The van der Waals surface area contributed by atoms with E-state index in [-0.39, 0.29) is 11.5 Å². The number of para-hydroxylation sites is 1. The third-order valence-electron chi connectivity index (χ3n) is 2.96. The van der Waals surface area contributed by atoms with Gasteiger partial charge in [0.25, 0.3) is 0 Å². The molecule has 0 amide bonds. The number of hydrogen-bond acceptors (Lipinski definition) is 4. The SMILES string of the molecule is CCCc1c(N)ncnc1Nc1ccccc1C(F)(F)F. The molecular weight excluding hydrogens is 281 g/mol. The first-order chi connectivity index (χ1) is 9.93. The van der Waals surface area contributed by atoms with Gasteiger partial charge in [0.15, 0.2) is 0 Å². The lowest BCUT2D eigenvalue weighted by Crippen LogP contribution is -2.11. The van der Waals surface area contributed by atoms with E-state index in [0.29, 0.717) is 17.8 Å². The number of anilines is 3. The smallest absolute Gasteiger partial charge is 0.383 e. The Bertz CT molecular complexity index is 626. The van der Waals surface area contributed by atoms with Gasteiger partial charge in [-0.2, -0.15) is 13.2 Å². The van der Waals surface area contributed by atoms with Crippen LogP contribution in [0, 0.1) is 0 Å². The zero-order valence-electron chi connectivity index (χ0n) is 11.4. The maximum Gasteiger partial charge on any atom is 0.418 e. The van der Waals surface area contributed by atoms with E-state index in [1.54, 1.807) is 0 Å². The number of rotatable bonds is 4. The molecule has 0 saturated heterocycles. The number of benzene rings is 1. The normalized spacial score (nSPS) is 11.4. The molecule has 1 heterocycles. The molecule has 112 valence electrons. The Hall–Kier alpha value is -2.31. The van der Waals surface area contributed by atoms with E-state index in [1.165, 1.54) is 24.5 Å². The van der Waals surface area contributed by atoms with Gasteiger partial charge in [-0.3, -0.25) is 0 Å². The number of nitrogen functional groups attached to an aromatic ring is 1. The van der Waals surface area contributed by atoms with Crippen LogP contribution in [0.3, 0.4) is 0 Å². The van der Waals surface area contributed by atoms with Gasteiger partial charge in [-0.05, 0) is 18.6 Å². The Balaban J connectivity index is 2.42. The molecule has 21 heavy (non-hydrogen) atoms. The quantitative estimate of drug-likeness (QED) is 0.901. The van der Waals surface area contributed by atoms with Crippen LogP contribution in [0.2, 0.25) is 0 Å². The molecule has 2 aromatic rings. The summed E-state index contributed by atoms with van der Waals surface area (Å²) in [5, 5.41) is 2.72. The Morgan fingerprint density at radius 2 is 1.90 bits per heavy atom. The molecule has 0 aliphatic heterocycles. The summed E-state index contributed by atoms with van der Waals surface area (Å²) in [5.41, 5.74) is 5.59. The lowest BCUT2D eigenvalue weighted by Gasteiger charge is -2.16. The molecule has 3 N–H and O–H groups in total. The highest BCUT2D eigenvalue weighted by molar-refractivity contribution is 5.66. The highest BCUT2D eigenvalue weighted by Crippen LogP contribution is 2.36. The second kappa shape index (κ2) is 5.99. The van der Waals surface area contributed by atoms with Crippen molar-refractivity contribution in [2.75, 3.05) is 11.1 Å². The molecule has 0 unspecified atom stereocenters. The summed E-state index contributed by atoms with van der Waals surface area (Å²) < 4.78 is 38.9. The van der Waals surface area contributed by atoms with Crippen LogP contribution < -0.4 is 11.1 Å². The van der Waals surface area contributed by atoms with E-state index < -0.39 is 11.7 Å². The molecular formula is C14H15F3N4. The van der Waals surface area contributed by atoms with Crippen LogP contribution in [0.15, 0.2) is 30.6 Å². The van der Waals surface area contributed by atoms with Crippen LogP contribution in [0.25, 0.3) is 0 Å². The van der Waals surface area contributed by atoms with Crippen LogP contribution in [0.4, 0.5) is 30.5 Å². The minimum absolute atomic E-state index is 0.0551. The molecule has 7 heteroatoms. The molecule has 0 aliphatic rings. The van der Waals surface area contributed by atoms with Crippen molar-refractivity contribution in [3.05, 3.63) is 41.7 Å². The molecule has 0 fully saturated rings. The van der Waals surface area contributed by atoms with Crippen molar-refractivity contribution in [2.24, 2.45) is 0 Å². The van der Waals surface area contributed by atoms with Gasteiger partial charge < -0.3 is 11.1 Å². The lowest BCUT2D eigenvalue weighted by atomic mass is 10.1. The third kappa shape index (κ3) is 3.42. The molecule has 0 spiro atoms. The monoisotopic (exact) mass is 296 g/mol. The fourth-order valence-electron chi connectivity index (χ4n) is 2.00. The minimum atomic E-state index is -4.44. The first-order valence-corrected chi connectivity index (χ1v) is 6.46. The minimum Gasteiger partial charge on any atom is -0.383 e. The van der Waals surface area contributed by atoms with Crippen molar-refractivity contribution in [3.63, 3.8) is 0 Å². The summed E-state index contributed by atoms with van der Waals surface area (Å²) in [7, 11) is 0. The Morgan fingerprint density at radius 3 is 2.57 bits per heavy atom. The summed E-state index contributed by atoms with van der Waals surface area (Å²) in [5.74, 6) is 0.583. The zero-order chi connectivity index (χ0) is 15.5. The van der Waals surface area contributed by atoms with E-state index in [0.717, 1.165) is 12.5 Å². The molecule has 1 aromatic carbocycles. The van der Waals surface area contributed by atoms with Crippen molar-refractivity contribution in [1.82, 2.24) is 9.97 Å².